The van der Waals surface area contributed by atoms with Gasteiger partial charge >= 0.3 is 0 Å². The third-order valence-electron chi connectivity index (χ3n) is 4.70. The van der Waals surface area contributed by atoms with Gasteiger partial charge in [0.2, 0.25) is 0 Å². The van der Waals surface area contributed by atoms with Crippen molar-refractivity contribution in [2.45, 2.75) is 0 Å². The van der Waals surface area contributed by atoms with Crippen LogP contribution in [0.3, 0.4) is 0 Å². The highest BCUT2D eigenvalue weighted by Crippen LogP contribution is 2.40. The van der Waals surface area contributed by atoms with Crippen molar-refractivity contribution in [1.29, 1.82) is 0 Å². The monoisotopic (exact) mass is 562 g/mol. The van der Waals surface area contributed by atoms with E-state index in [0.29, 0.717) is 43.0 Å². The van der Waals surface area contributed by atoms with Gasteiger partial charge in [-0.15, -0.1) is 0 Å². The quantitative estimate of drug-likeness (QED) is 0.300. The molecule has 0 aliphatic carbocycles. The van der Waals surface area contributed by atoms with Crippen LogP contribution in [-0.4, -0.2) is 25.3 Å². The number of aliphatic imine (C=N–C) groups is 1. The third-order valence-corrected chi connectivity index (χ3v) is 6.76. The van der Waals surface area contributed by atoms with Crippen LogP contribution in [0, 0.1) is 0 Å². The predicted octanol–water partition coefficient (Wildman–Crippen LogP) is 7.58. The molecule has 3 aromatic rings. The Balaban J connectivity index is 1.78. The van der Waals surface area contributed by atoms with E-state index in [1.165, 1.54) is 11.8 Å². The second kappa shape index (κ2) is 10.2. The molecule has 1 fully saturated rings. The summed E-state index contributed by atoms with van der Waals surface area (Å²) < 4.78 is 11.5. The minimum absolute atomic E-state index is 0.194. The van der Waals surface area contributed by atoms with Crippen LogP contribution in [0.2, 0.25) is 10.0 Å². The lowest BCUT2D eigenvalue weighted by atomic mass is 10.1. The van der Waals surface area contributed by atoms with Gasteiger partial charge in [-0.1, -0.05) is 23.2 Å². The van der Waals surface area contributed by atoms with Crippen LogP contribution in [0.4, 0.5) is 11.4 Å². The number of anilines is 1. The first-order chi connectivity index (χ1) is 15.9. The molecular weight excluding hydrogens is 547 g/mol. The number of halogens is 3. The first-order valence-corrected chi connectivity index (χ1v) is 12.0. The average Bonchev–Trinajstić information content (AvgIpc) is 3.10. The lowest BCUT2D eigenvalue weighted by molar-refractivity contribution is -0.113. The van der Waals surface area contributed by atoms with E-state index in [9.17, 15) is 4.79 Å². The van der Waals surface area contributed by atoms with E-state index in [2.05, 4.69) is 15.9 Å². The van der Waals surface area contributed by atoms with Gasteiger partial charge in [-0.3, -0.25) is 9.69 Å². The van der Waals surface area contributed by atoms with Crippen LogP contribution in [-0.2, 0) is 4.79 Å². The van der Waals surface area contributed by atoms with E-state index in [4.69, 9.17) is 37.7 Å². The highest BCUT2D eigenvalue weighted by molar-refractivity contribution is 9.10. The van der Waals surface area contributed by atoms with Crippen molar-refractivity contribution in [2.24, 2.45) is 4.99 Å². The molecule has 9 heteroatoms. The highest BCUT2D eigenvalue weighted by Gasteiger charge is 2.35. The van der Waals surface area contributed by atoms with Gasteiger partial charge in [0.1, 0.15) is 0 Å². The van der Waals surface area contributed by atoms with E-state index in [1.807, 2.05) is 12.1 Å². The number of amidine groups is 1. The van der Waals surface area contributed by atoms with Crippen LogP contribution < -0.4 is 14.4 Å². The summed E-state index contributed by atoms with van der Waals surface area (Å²) in [6.07, 6.45) is 1.80. The maximum absolute atomic E-state index is 13.4. The van der Waals surface area contributed by atoms with Crippen LogP contribution in [0.5, 0.6) is 11.5 Å². The van der Waals surface area contributed by atoms with E-state index in [-0.39, 0.29) is 5.91 Å². The number of amides is 1. The molecule has 0 aromatic heterocycles. The molecule has 1 aliphatic rings. The molecule has 0 bridgehead atoms. The Hall–Kier alpha value is -2.45. The van der Waals surface area contributed by atoms with E-state index >= 15 is 0 Å². The summed E-state index contributed by atoms with van der Waals surface area (Å²) >= 11 is 16.8. The Bertz CT molecular complexity index is 1260. The van der Waals surface area contributed by atoms with Crippen molar-refractivity contribution in [3.8, 4) is 11.5 Å². The smallest absolute Gasteiger partial charge is 0.271 e. The van der Waals surface area contributed by atoms with Gasteiger partial charge in [-0.2, -0.15) is 0 Å². The van der Waals surface area contributed by atoms with Crippen LogP contribution in [0.25, 0.3) is 6.08 Å². The summed E-state index contributed by atoms with van der Waals surface area (Å²) in [5.41, 5.74) is 2.13. The van der Waals surface area contributed by atoms with Gasteiger partial charge in [-0.05, 0) is 100.0 Å². The molecule has 0 saturated carbocycles. The highest BCUT2D eigenvalue weighted by atomic mass is 79.9. The molecule has 1 amide bonds. The van der Waals surface area contributed by atoms with Gasteiger partial charge in [-0.25, -0.2) is 4.99 Å². The number of rotatable bonds is 5. The first kappa shape index (κ1) is 23.7. The average molecular weight is 564 g/mol. The Labute approximate surface area is 214 Å². The Morgan fingerprint density at radius 1 is 0.970 bits per heavy atom. The van der Waals surface area contributed by atoms with Crippen molar-refractivity contribution in [2.75, 3.05) is 19.1 Å². The fourth-order valence-electron chi connectivity index (χ4n) is 3.17. The summed E-state index contributed by atoms with van der Waals surface area (Å²) in [6, 6.07) is 17.8. The van der Waals surface area contributed by atoms with Crippen molar-refractivity contribution in [1.82, 2.24) is 0 Å². The molecule has 1 heterocycles. The summed E-state index contributed by atoms with van der Waals surface area (Å²) in [6.45, 7) is 0. The third kappa shape index (κ3) is 5.22. The summed E-state index contributed by atoms with van der Waals surface area (Å²) in [7, 11) is 3.14. The van der Waals surface area contributed by atoms with Crippen molar-refractivity contribution in [3.05, 3.63) is 85.7 Å². The van der Waals surface area contributed by atoms with Gasteiger partial charge in [0.05, 0.1) is 35.0 Å². The van der Waals surface area contributed by atoms with Crippen molar-refractivity contribution >= 4 is 79.4 Å². The number of ether oxygens (including phenoxy) is 2. The predicted molar refractivity (Wildman–Crippen MR) is 140 cm³/mol. The Kier molecular flexibility index (Phi) is 7.34. The number of methoxy groups -OCH3 is 2. The normalized spacial score (nSPS) is 16.0. The van der Waals surface area contributed by atoms with Gasteiger partial charge in [0, 0.05) is 10.0 Å². The number of thioether (sulfide) groups is 1. The first-order valence-electron chi connectivity index (χ1n) is 9.65. The minimum Gasteiger partial charge on any atom is -0.493 e. The maximum atomic E-state index is 13.4. The molecule has 0 radical (unpaired) electrons. The summed E-state index contributed by atoms with van der Waals surface area (Å²) in [5, 5.41) is 1.72. The number of hydrogen-bond donors (Lipinski definition) is 0. The number of carbonyl (C=O) groups excluding carboxylic acids is 1. The molecule has 4 rings (SSSR count). The number of carbonyl (C=O) groups is 1. The second-order valence-electron chi connectivity index (χ2n) is 6.84. The zero-order chi connectivity index (χ0) is 23.5. The molecule has 3 aromatic carbocycles. The molecule has 0 unspecified atom stereocenters. The largest absolute Gasteiger partial charge is 0.493 e. The lowest BCUT2D eigenvalue weighted by Gasteiger charge is -2.15. The topological polar surface area (TPSA) is 51.1 Å². The second-order valence-corrected chi connectivity index (χ2v) is 9.57. The molecule has 0 N–H and O–H groups in total. The number of nitrogens with zero attached hydrogens (tertiary/aromatic N) is 2. The summed E-state index contributed by atoms with van der Waals surface area (Å²) in [4.78, 5) is 20.2. The molecule has 168 valence electrons. The van der Waals surface area contributed by atoms with Crippen LogP contribution in [0.1, 0.15) is 5.56 Å². The molecule has 33 heavy (non-hydrogen) atoms. The molecular formula is C24H17BrCl2N2O3S. The van der Waals surface area contributed by atoms with Gasteiger partial charge in [0.15, 0.2) is 16.7 Å². The van der Waals surface area contributed by atoms with Crippen molar-refractivity contribution in [3.63, 3.8) is 0 Å². The Morgan fingerprint density at radius 3 is 2.21 bits per heavy atom. The Morgan fingerprint density at radius 2 is 1.61 bits per heavy atom. The number of hydrogen-bond acceptors (Lipinski definition) is 5. The van der Waals surface area contributed by atoms with Crippen LogP contribution in [0.15, 0.2) is 75.0 Å². The lowest BCUT2D eigenvalue weighted by Crippen LogP contribution is -2.28. The fraction of sp³-hybridized carbons (Fsp3) is 0.0833. The zero-order valence-corrected chi connectivity index (χ0v) is 21.4. The zero-order valence-electron chi connectivity index (χ0n) is 17.5. The van der Waals surface area contributed by atoms with Gasteiger partial charge < -0.3 is 9.47 Å². The fourth-order valence-corrected chi connectivity index (χ4v) is 5.04. The van der Waals surface area contributed by atoms with E-state index in [1.54, 1.807) is 73.7 Å². The molecule has 0 atom stereocenters. The van der Waals surface area contributed by atoms with Gasteiger partial charge in [0.25, 0.3) is 5.91 Å². The molecule has 1 aliphatic heterocycles. The molecule has 1 saturated heterocycles. The number of benzene rings is 3. The maximum Gasteiger partial charge on any atom is 0.271 e. The standard InChI is InChI=1S/C24H17BrCl2N2O3S/c1-31-20-12-14(11-19(25)22(20)32-2)13-21-23(30)29(18-9-5-16(27)6-10-18)24(33-21)28-17-7-3-15(26)4-8-17/h3-13H,1-2H3/b21-13-,28-24?. The van der Waals surface area contributed by atoms with E-state index < -0.39 is 0 Å². The molecule has 0 spiro atoms. The van der Waals surface area contributed by atoms with E-state index in [0.717, 1.165) is 10.0 Å². The molecule has 5 nitrogen and oxygen atoms in total. The summed E-state index contributed by atoms with van der Waals surface area (Å²) in [5.74, 6) is 0.942. The minimum atomic E-state index is -0.194. The van der Waals surface area contributed by atoms with Crippen molar-refractivity contribution < 1.29 is 14.3 Å². The van der Waals surface area contributed by atoms with Crippen LogP contribution >= 0.6 is 50.9 Å². The SMILES string of the molecule is COc1cc(/C=C2\SC(=Nc3ccc(Cl)cc3)N(c3ccc(Cl)cc3)C2=O)cc(Br)c1OC.